The van der Waals surface area contributed by atoms with Crippen molar-refractivity contribution in [2.45, 2.75) is 58.2 Å². The molecule has 18 heavy (non-hydrogen) atoms. The van der Waals surface area contributed by atoms with Crippen molar-refractivity contribution >= 4 is 5.97 Å². The van der Waals surface area contributed by atoms with E-state index in [9.17, 15) is 9.90 Å². The summed E-state index contributed by atoms with van der Waals surface area (Å²) in [6, 6.07) is 0. The molecule has 0 fully saturated rings. The van der Waals surface area contributed by atoms with E-state index in [0.717, 1.165) is 6.42 Å². The lowest BCUT2D eigenvalue weighted by molar-refractivity contribution is -0.156. The highest BCUT2D eigenvalue weighted by Crippen LogP contribution is 2.25. The molecule has 0 aromatic carbocycles. The largest absolute Gasteiger partial charge is 0.466 e. The molecule has 0 saturated heterocycles. The first-order chi connectivity index (χ1) is 8.53. The van der Waals surface area contributed by atoms with Gasteiger partial charge < -0.3 is 19.7 Å². The molecule has 0 spiro atoms. The van der Waals surface area contributed by atoms with Crippen LogP contribution in [0.1, 0.15) is 46.5 Å². The number of hydrogen-bond acceptors (Lipinski definition) is 5. The number of aliphatic hydroxyl groups excluding tert-OH is 2. The maximum Gasteiger partial charge on any atom is 0.308 e. The Hall–Kier alpha value is -0.650. The van der Waals surface area contributed by atoms with E-state index in [4.69, 9.17) is 14.6 Å². The highest BCUT2D eigenvalue weighted by Gasteiger charge is 2.31. The van der Waals surface area contributed by atoms with Crippen LogP contribution in [0.4, 0.5) is 0 Å². The summed E-state index contributed by atoms with van der Waals surface area (Å²) in [5.74, 6) is -0.279. The van der Waals surface area contributed by atoms with Gasteiger partial charge in [-0.15, -0.1) is 0 Å². The van der Waals surface area contributed by atoms with Gasteiger partial charge in [0.2, 0.25) is 0 Å². The summed E-state index contributed by atoms with van der Waals surface area (Å²) in [7, 11) is 0. The molecule has 5 heteroatoms. The predicted octanol–water partition coefficient (Wildman–Crippen LogP) is 1.26. The first kappa shape index (κ1) is 17.4. The lowest BCUT2D eigenvalue weighted by atomic mass is 9.93. The number of rotatable bonds is 10. The number of esters is 1. The SMILES string of the molecule is CCCOC(=O)CC(CC)(CC)OCC(O)CO. The van der Waals surface area contributed by atoms with E-state index in [1.54, 1.807) is 0 Å². The number of carbonyl (C=O) groups excluding carboxylic acids is 1. The zero-order chi connectivity index (χ0) is 14.0. The minimum absolute atomic E-state index is 0.0270. The Bertz CT molecular complexity index is 225. The van der Waals surface area contributed by atoms with Crippen molar-refractivity contribution in [3.05, 3.63) is 0 Å². The van der Waals surface area contributed by atoms with E-state index in [0.29, 0.717) is 19.4 Å². The Morgan fingerprint density at radius 1 is 1.28 bits per heavy atom. The summed E-state index contributed by atoms with van der Waals surface area (Å²) in [5, 5.41) is 18.1. The molecule has 0 heterocycles. The van der Waals surface area contributed by atoms with Crippen LogP contribution in [-0.4, -0.2) is 47.7 Å². The van der Waals surface area contributed by atoms with Crippen LogP contribution >= 0.6 is 0 Å². The van der Waals surface area contributed by atoms with Crippen LogP contribution in [0, 0.1) is 0 Å². The van der Waals surface area contributed by atoms with E-state index in [1.807, 2.05) is 20.8 Å². The van der Waals surface area contributed by atoms with Crippen LogP contribution < -0.4 is 0 Å². The number of carbonyl (C=O) groups is 1. The maximum absolute atomic E-state index is 11.6. The smallest absolute Gasteiger partial charge is 0.308 e. The van der Waals surface area contributed by atoms with Gasteiger partial charge in [0.25, 0.3) is 0 Å². The molecule has 2 N–H and O–H groups in total. The van der Waals surface area contributed by atoms with Gasteiger partial charge in [-0.05, 0) is 19.3 Å². The van der Waals surface area contributed by atoms with Crippen LogP contribution in [0.2, 0.25) is 0 Å². The van der Waals surface area contributed by atoms with Crippen molar-refractivity contribution in [2.75, 3.05) is 19.8 Å². The lowest BCUT2D eigenvalue weighted by Gasteiger charge is -2.31. The van der Waals surface area contributed by atoms with Crippen molar-refractivity contribution in [1.29, 1.82) is 0 Å². The average Bonchev–Trinajstić information content (AvgIpc) is 2.40. The van der Waals surface area contributed by atoms with Gasteiger partial charge in [-0.3, -0.25) is 4.79 Å². The van der Waals surface area contributed by atoms with E-state index < -0.39 is 11.7 Å². The zero-order valence-electron chi connectivity index (χ0n) is 11.6. The molecule has 0 bridgehead atoms. The Balaban J connectivity index is 4.36. The monoisotopic (exact) mass is 262 g/mol. The number of aliphatic hydroxyl groups is 2. The molecular weight excluding hydrogens is 236 g/mol. The molecule has 108 valence electrons. The van der Waals surface area contributed by atoms with Gasteiger partial charge in [0.05, 0.1) is 31.8 Å². The first-order valence-corrected chi connectivity index (χ1v) is 6.62. The van der Waals surface area contributed by atoms with Gasteiger partial charge in [0.15, 0.2) is 0 Å². The summed E-state index contributed by atoms with van der Waals surface area (Å²) >= 11 is 0. The van der Waals surface area contributed by atoms with Crippen molar-refractivity contribution in [3.63, 3.8) is 0 Å². The first-order valence-electron chi connectivity index (χ1n) is 6.62. The summed E-state index contributed by atoms with van der Waals surface area (Å²) in [4.78, 5) is 11.6. The Morgan fingerprint density at radius 2 is 1.89 bits per heavy atom. The molecule has 5 nitrogen and oxygen atoms in total. The van der Waals surface area contributed by atoms with E-state index >= 15 is 0 Å². The summed E-state index contributed by atoms with van der Waals surface area (Å²) < 4.78 is 10.7. The Morgan fingerprint density at radius 3 is 2.33 bits per heavy atom. The van der Waals surface area contributed by atoms with Crippen LogP contribution in [0.25, 0.3) is 0 Å². The molecule has 0 saturated carbocycles. The number of ether oxygens (including phenoxy) is 2. The van der Waals surface area contributed by atoms with Gasteiger partial charge in [-0.25, -0.2) is 0 Å². The minimum Gasteiger partial charge on any atom is -0.466 e. The second kappa shape index (κ2) is 9.30. The van der Waals surface area contributed by atoms with Crippen molar-refractivity contribution < 1.29 is 24.5 Å². The lowest BCUT2D eigenvalue weighted by Crippen LogP contribution is -2.38. The second-order valence-electron chi connectivity index (χ2n) is 4.43. The second-order valence-corrected chi connectivity index (χ2v) is 4.43. The van der Waals surface area contributed by atoms with Crippen molar-refractivity contribution in [2.24, 2.45) is 0 Å². The van der Waals surface area contributed by atoms with Gasteiger partial charge in [-0.1, -0.05) is 20.8 Å². The quantitative estimate of drug-likeness (QED) is 0.580. The minimum atomic E-state index is -0.908. The highest BCUT2D eigenvalue weighted by atomic mass is 16.5. The van der Waals surface area contributed by atoms with Crippen LogP contribution in [0.5, 0.6) is 0 Å². The van der Waals surface area contributed by atoms with Gasteiger partial charge >= 0.3 is 5.97 Å². The molecule has 0 rings (SSSR count). The number of hydrogen-bond donors (Lipinski definition) is 2. The Labute approximate surface area is 109 Å². The van der Waals surface area contributed by atoms with Gasteiger partial charge in [0.1, 0.15) is 6.10 Å². The molecule has 0 aromatic heterocycles. The fraction of sp³-hybridized carbons (Fsp3) is 0.923. The normalized spacial score (nSPS) is 13.4. The molecule has 0 amide bonds. The van der Waals surface area contributed by atoms with Crippen molar-refractivity contribution in [1.82, 2.24) is 0 Å². The van der Waals surface area contributed by atoms with Gasteiger partial charge in [0, 0.05) is 0 Å². The summed E-state index contributed by atoms with van der Waals surface area (Å²) in [5.41, 5.74) is -0.610. The molecule has 0 aliphatic carbocycles. The summed E-state index contributed by atoms with van der Waals surface area (Å²) in [6.07, 6.45) is 1.37. The van der Waals surface area contributed by atoms with E-state index in [2.05, 4.69) is 0 Å². The van der Waals surface area contributed by atoms with Crippen molar-refractivity contribution in [3.8, 4) is 0 Å². The third-order valence-corrected chi connectivity index (χ3v) is 3.02. The molecular formula is C13H26O5. The van der Waals surface area contributed by atoms with Crippen LogP contribution in [0.3, 0.4) is 0 Å². The topological polar surface area (TPSA) is 76.0 Å². The molecule has 1 atom stereocenters. The molecule has 0 aliphatic rings. The molecule has 0 aromatic rings. The third kappa shape index (κ3) is 6.33. The van der Waals surface area contributed by atoms with E-state index in [1.165, 1.54) is 0 Å². The maximum atomic E-state index is 11.6. The third-order valence-electron chi connectivity index (χ3n) is 3.02. The standard InChI is InChI=1S/C13H26O5/c1-4-7-17-12(16)8-13(5-2,6-3)18-10-11(15)9-14/h11,14-15H,4-10H2,1-3H3. The molecule has 0 radical (unpaired) electrons. The molecule has 1 unspecified atom stereocenters. The van der Waals surface area contributed by atoms with Gasteiger partial charge in [-0.2, -0.15) is 0 Å². The zero-order valence-corrected chi connectivity index (χ0v) is 11.6. The Kier molecular flexibility index (Phi) is 8.97. The average molecular weight is 262 g/mol. The fourth-order valence-electron chi connectivity index (χ4n) is 1.61. The predicted molar refractivity (Wildman–Crippen MR) is 68.2 cm³/mol. The highest BCUT2D eigenvalue weighted by molar-refractivity contribution is 5.70. The fourth-order valence-corrected chi connectivity index (χ4v) is 1.61. The molecule has 0 aliphatic heterocycles. The summed E-state index contributed by atoms with van der Waals surface area (Å²) in [6.45, 7) is 5.91. The van der Waals surface area contributed by atoms with Crippen LogP contribution in [-0.2, 0) is 14.3 Å². The van der Waals surface area contributed by atoms with Crippen LogP contribution in [0.15, 0.2) is 0 Å². The van der Waals surface area contributed by atoms with E-state index in [-0.39, 0.29) is 25.6 Å².